The van der Waals surface area contributed by atoms with Crippen molar-refractivity contribution in [2.24, 2.45) is 0 Å². The summed E-state index contributed by atoms with van der Waals surface area (Å²) in [7, 11) is -6.63. The zero-order valence-electron chi connectivity index (χ0n) is 37.3. The van der Waals surface area contributed by atoms with Crippen LogP contribution in [-0.4, -0.2) is 52.6 Å². The summed E-state index contributed by atoms with van der Waals surface area (Å²) < 4.78 is 30.6. The van der Waals surface area contributed by atoms with E-state index in [4.69, 9.17) is 18.3 Å². The molecule has 0 aliphatic carbocycles. The molecule has 0 unspecified atom stereocenters. The van der Waals surface area contributed by atoms with Crippen LogP contribution < -0.4 is 31.1 Å². The maximum absolute atomic E-state index is 12.5. The number of carbonyl (C=O) groups is 1. The molecule has 324 valence electrons. The standard InChI is InChI=1S/C57H58O5Si2/c1-45(44-58)42-54-57(4,62-64(51-34-20-9-21-35-51,52-36-22-10-23-37-52)53-38-24-11-25-39-53)55(60-56(2,3)59-54)43-47(41-40-46-26-12-5-13-27-46)61-63(48-28-14-6-15-29-48,49-30-16-7-17-31-49)50-32-18-8-19-33-50/h5-39,42,44,47,54-55H,40-41,43H2,1-4H3/b45-42+/t47-,54-,55-,57+/m1/s1. The van der Waals surface area contributed by atoms with E-state index in [1.54, 1.807) is 0 Å². The van der Waals surface area contributed by atoms with Crippen LogP contribution in [0.4, 0.5) is 0 Å². The monoisotopic (exact) mass is 878 g/mol. The van der Waals surface area contributed by atoms with E-state index in [-0.39, 0.29) is 6.10 Å². The van der Waals surface area contributed by atoms with Gasteiger partial charge in [-0.15, -0.1) is 0 Å². The van der Waals surface area contributed by atoms with E-state index in [1.165, 1.54) is 5.56 Å². The van der Waals surface area contributed by atoms with Crippen molar-refractivity contribution in [2.75, 3.05) is 0 Å². The Hall–Kier alpha value is -5.78. The van der Waals surface area contributed by atoms with Crippen LogP contribution in [0.3, 0.4) is 0 Å². The second-order valence-corrected chi connectivity index (χ2v) is 24.0. The highest BCUT2D eigenvalue weighted by atomic mass is 28.4. The first-order valence-electron chi connectivity index (χ1n) is 22.4. The predicted molar refractivity (Wildman–Crippen MR) is 265 cm³/mol. The summed E-state index contributed by atoms with van der Waals surface area (Å²) in [6, 6.07) is 74.7. The first kappa shape index (κ1) is 44.8. The van der Waals surface area contributed by atoms with Crippen LogP contribution in [0.15, 0.2) is 224 Å². The molecule has 64 heavy (non-hydrogen) atoms. The van der Waals surface area contributed by atoms with E-state index in [2.05, 4.69) is 219 Å². The predicted octanol–water partition coefficient (Wildman–Crippen LogP) is 8.17. The van der Waals surface area contributed by atoms with Gasteiger partial charge in [-0.2, -0.15) is 0 Å². The maximum atomic E-state index is 12.5. The largest absolute Gasteiger partial charge is 0.401 e. The van der Waals surface area contributed by atoms with Crippen LogP contribution in [0.5, 0.6) is 0 Å². The number of allylic oxidation sites excluding steroid dienone is 1. The fraction of sp³-hybridized carbons (Fsp3) is 0.211. The SMILES string of the molecule is C/C(C=O)=C\[C@H]1OC(C)(C)O[C@H](C[C@@H](CCc2ccccc2)O[Si](c2ccccc2)(c2ccccc2)c2ccccc2)[C@@]1(C)O[Si](c1ccccc1)(c1ccccc1)c1ccccc1. The minimum absolute atomic E-state index is 0.327. The van der Waals surface area contributed by atoms with E-state index in [0.29, 0.717) is 12.0 Å². The lowest BCUT2D eigenvalue weighted by Gasteiger charge is -2.55. The average Bonchev–Trinajstić information content (AvgIpc) is 3.35. The minimum Gasteiger partial charge on any atom is -0.401 e. The number of ether oxygens (including phenoxy) is 2. The summed E-state index contributed by atoms with van der Waals surface area (Å²) in [5.41, 5.74) is 0.641. The normalized spacial score (nSPS) is 19.4. The number of benzene rings is 7. The van der Waals surface area contributed by atoms with Crippen molar-refractivity contribution in [1.82, 2.24) is 0 Å². The molecule has 0 spiro atoms. The fourth-order valence-electron chi connectivity index (χ4n) is 9.41. The molecule has 4 atom stereocenters. The summed E-state index contributed by atoms with van der Waals surface area (Å²) >= 11 is 0. The quantitative estimate of drug-likeness (QED) is 0.0400. The molecule has 1 saturated heterocycles. The number of hydrogen-bond acceptors (Lipinski definition) is 5. The van der Waals surface area contributed by atoms with Gasteiger partial charge in [0.05, 0.1) is 6.10 Å². The molecule has 0 saturated carbocycles. The van der Waals surface area contributed by atoms with Crippen LogP contribution in [0.2, 0.25) is 0 Å². The van der Waals surface area contributed by atoms with Gasteiger partial charge in [0.15, 0.2) is 5.79 Å². The number of carbonyl (C=O) groups excluding carboxylic acids is 1. The van der Waals surface area contributed by atoms with Gasteiger partial charge >= 0.3 is 0 Å². The lowest BCUT2D eigenvalue weighted by atomic mass is 9.85. The molecule has 8 rings (SSSR count). The molecule has 7 aromatic rings. The Labute approximate surface area is 381 Å². The molecule has 0 radical (unpaired) electrons. The molecule has 1 aliphatic rings. The van der Waals surface area contributed by atoms with Gasteiger partial charge in [0.25, 0.3) is 16.6 Å². The number of hydrogen-bond donors (Lipinski definition) is 0. The summed E-state index contributed by atoms with van der Waals surface area (Å²) in [4.78, 5) is 12.5. The van der Waals surface area contributed by atoms with E-state index in [1.807, 2.05) is 26.8 Å². The highest BCUT2D eigenvalue weighted by molar-refractivity contribution is 7.07. The van der Waals surface area contributed by atoms with Crippen molar-refractivity contribution in [2.45, 2.75) is 76.7 Å². The summed E-state index contributed by atoms with van der Waals surface area (Å²) in [6.07, 6.45) is 3.23. The zero-order valence-corrected chi connectivity index (χ0v) is 39.3. The van der Waals surface area contributed by atoms with Crippen molar-refractivity contribution in [3.8, 4) is 0 Å². The minimum atomic E-state index is -3.41. The van der Waals surface area contributed by atoms with Crippen molar-refractivity contribution in [1.29, 1.82) is 0 Å². The van der Waals surface area contributed by atoms with Crippen molar-refractivity contribution in [3.05, 3.63) is 230 Å². The fourth-order valence-corrected chi connectivity index (χ4v) is 17.8. The Balaban J connectivity index is 1.34. The van der Waals surface area contributed by atoms with E-state index in [0.717, 1.165) is 50.2 Å². The average molecular weight is 879 g/mol. The van der Waals surface area contributed by atoms with Gasteiger partial charge in [-0.25, -0.2) is 0 Å². The first-order chi connectivity index (χ1) is 31.2. The molecule has 1 fully saturated rings. The maximum Gasteiger partial charge on any atom is 0.288 e. The van der Waals surface area contributed by atoms with Crippen LogP contribution in [0, 0.1) is 0 Å². The second-order valence-electron chi connectivity index (χ2n) is 17.4. The van der Waals surface area contributed by atoms with Gasteiger partial charge in [-0.05, 0) is 88.9 Å². The van der Waals surface area contributed by atoms with Crippen LogP contribution in [0.1, 0.15) is 46.1 Å². The molecule has 5 nitrogen and oxygen atoms in total. The molecule has 1 aliphatic heterocycles. The van der Waals surface area contributed by atoms with E-state index >= 15 is 0 Å². The lowest BCUT2D eigenvalue weighted by Crippen LogP contribution is -2.76. The molecule has 7 aromatic carbocycles. The van der Waals surface area contributed by atoms with Crippen LogP contribution in [0.25, 0.3) is 0 Å². The van der Waals surface area contributed by atoms with Crippen molar-refractivity contribution >= 4 is 54.0 Å². The molecular weight excluding hydrogens is 821 g/mol. The molecule has 0 N–H and O–H groups in total. The Morgan fingerprint density at radius 3 is 1.28 bits per heavy atom. The third-order valence-electron chi connectivity index (χ3n) is 12.5. The Morgan fingerprint density at radius 2 is 0.906 bits per heavy atom. The van der Waals surface area contributed by atoms with Gasteiger partial charge in [-0.1, -0.05) is 212 Å². The molecule has 1 heterocycles. The van der Waals surface area contributed by atoms with Crippen LogP contribution in [-0.2, 0) is 29.5 Å². The highest BCUT2D eigenvalue weighted by Crippen LogP contribution is 2.42. The highest BCUT2D eigenvalue weighted by Gasteiger charge is 2.58. The smallest absolute Gasteiger partial charge is 0.288 e. The zero-order chi connectivity index (χ0) is 44.5. The topological polar surface area (TPSA) is 54.0 Å². The van der Waals surface area contributed by atoms with Gasteiger partial charge in [0.2, 0.25) is 0 Å². The van der Waals surface area contributed by atoms with Crippen molar-refractivity contribution in [3.63, 3.8) is 0 Å². The lowest BCUT2D eigenvalue weighted by molar-refractivity contribution is -0.347. The molecule has 0 aromatic heterocycles. The van der Waals surface area contributed by atoms with Gasteiger partial charge in [0.1, 0.15) is 18.0 Å². The van der Waals surface area contributed by atoms with Gasteiger partial charge in [-0.3, -0.25) is 4.79 Å². The Morgan fingerprint density at radius 1 is 0.547 bits per heavy atom. The third-order valence-corrected chi connectivity index (χ3v) is 20.8. The summed E-state index contributed by atoms with van der Waals surface area (Å²) in [5.74, 6) is -1.04. The summed E-state index contributed by atoms with van der Waals surface area (Å²) in [6.45, 7) is 7.89. The van der Waals surface area contributed by atoms with E-state index < -0.39 is 40.2 Å². The van der Waals surface area contributed by atoms with Crippen LogP contribution >= 0.6 is 0 Å². The molecule has 7 heteroatoms. The van der Waals surface area contributed by atoms with E-state index in [9.17, 15) is 4.79 Å². The molecule has 0 bridgehead atoms. The first-order valence-corrected chi connectivity index (χ1v) is 26.2. The Kier molecular flexibility index (Phi) is 14.0. The van der Waals surface area contributed by atoms with Gasteiger partial charge < -0.3 is 18.3 Å². The molecule has 0 amide bonds. The van der Waals surface area contributed by atoms with Crippen molar-refractivity contribution < 1.29 is 23.1 Å². The molecular formula is C57H58O5Si2. The van der Waals surface area contributed by atoms with Gasteiger partial charge in [0, 0.05) is 12.5 Å². The second kappa shape index (κ2) is 19.9. The Bertz CT molecular complexity index is 2370. The number of aldehydes is 1. The number of rotatable bonds is 17. The number of aryl methyl sites for hydroxylation is 1. The third kappa shape index (κ3) is 9.52. The summed E-state index contributed by atoms with van der Waals surface area (Å²) in [5, 5.41) is 6.76.